The van der Waals surface area contributed by atoms with Gasteiger partial charge < -0.3 is 4.74 Å². The molecule has 3 nitrogen and oxygen atoms in total. The topological polar surface area (TPSA) is 38.3 Å². The third kappa shape index (κ3) is 3.35. The van der Waals surface area contributed by atoms with Gasteiger partial charge in [0.2, 0.25) is 0 Å². The second kappa shape index (κ2) is 5.33. The van der Waals surface area contributed by atoms with E-state index >= 15 is 0 Å². The SMILES string of the molecule is CC(NC1CCOC1=O)c1ccc(C(C)(C)C)cc1. The van der Waals surface area contributed by atoms with Crippen molar-refractivity contribution in [2.75, 3.05) is 6.61 Å². The molecule has 104 valence electrons. The molecule has 3 heteroatoms. The monoisotopic (exact) mass is 261 g/mol. The Bertz CT molecular complexity index is 445. The number of nitrogens with one attached hydrogen (secondary N) is 1. The number of esters is 1. The van der Waals surface area contributed by atoms with Crippen LogP contribution in [0.4, 0.5) is 0 Å². The van der Waals surface area contributed by atoms with Crippen molar-refractivity contribution in [2.45, 2.75) is 51.6 Å². The fourth-order valence-corrected chi connectivity index (χ4v) is 2.32. The van der Waals surface area contributed by atoms with Crippen LogP contribution in [-0.2, 0) is 14.9 Å². The molecule has 1 heterocycles. The first-order valence-corrected chi connectivity index (χ1v) is 6.91. The van der Waals surface area contributed by atoms with E-state index in [0.717, 1.165) is 6.42 Å². The Morgan fingerprint density at radius 2 is 1.89 bits per heavy atom. The van der Waals surface area contributed by atoms with Gasteiger partial charge in [-0.1, -0.05) is 45.0 Å². The molecule has 0 bridgehead atoms. The van der Waals surface area contributed by atoms with Crippen molar-refractivity contribution < 1.29 is 9.53 Å². The predicted molar refractivity (Wildman–Crippen MR) is 76.1 cm³/mol. The second-order valence-corrected chi connectivity index (χ2v) is 6.27. The van der Waals surface area contributed by atoms with Crippen LogP contribution in [-0.4, -0.2) is 18.6 Å². The van der Waals surface area contributed by atoms with Crippen LogP contribution in [0.25, 0.3) is 0 Å². The molecule has 1 aliphatic rings. The fraction of sp³-hybridized carbons (Fsp3) is 0.562. The average Bonchev–Trinajstić information content (AvgIpc) is 2.74. The van der Waals surface area contributed by atoms with Gasteiger partial charge in [-0.2, -0.15) is 0 Å². The Hall–Kier alpha value is -1.35. The first kappa shape index (κ1) is 14.1. The van der Waals surface area contributed by atoms with E-state index in [2.05, 4.69) is 57.3 Å². The standard InChI is InChI=1S/C16H23NO2/c1-11(17-14-9-10-19-15(14)18)12-5-7-13(8-6-12)16(2,3)4/h5-8,11,14,17H,9-10H2,1-4H3. The lowest BCUT2D eigenvalue weighted by molar-refractivity contribution is -0.139. The van der Waals surface area contributed by atoms with E-state index in [1.165, 1.54) is 11.1 Å². The van der Waals surface area contributed by atoms with Crippen molar-refractivity contribution in [3.05, 3.63) is 35.4 Å². The van der Waals surface area contributed by atoms with Crippen LogP contribution >= 0.6 is 0 Å². The molecule has 0 spiro atoms. The molecule has 1 saturated heterocycles. The summed E-state index contributed by atoms with van der Waals surface area (Å²) >= 11 is 0. The summed E-state index contributed by atoms with van der Waals surface area (Å²) in [5, 5.41) is 3.33. The van der Waals surface area contributed by atoms with Crippen LogP contribution < -0.4 is 5.32 Å². The van der Waals surface area contributed by atoms with Crippen molar-refractivity contribution in [3.63, 3.8) is 0 Å². The Morgan fingerprint density at radius 1 is 1.26 bits per heavy atom. The zero-order chi connectivity index (χ0) is 14.0. The van der Waals surface area contributed by atoms with E-state index in [4.69, 9.17) is 4.74 Å². The predicted octanol–water partition coefficient (Wildman–Crippen LogP) is 2.95. The number of hydrogen-bond donors (Lipinski definition) is 1. The summed E-state index contributed by atoms with van der Waals surface area (Å²) in [7, 11) is 0. The average molecular weight is 261 g/mol. The van der Waals surface area contributed by atoms with Gasteiger partial charge in [0.15, 0.2) is 0 Å². The van der Waals surface area contributed by atoms with Gasteiger partial charge in [-0.15, -0.1) is 0 Å². The lowest BCUT2D eigenvalue weighted by Gasteiger charge is -2.21. The first-order valence-electron chi connectivity index (χ1n) is 6.91. The van der Waals surface area contributed by atoms with E-state index in [-0.39, 0.29) is 23.5 Å². The summed E-state index contributed by atoms with van der Waals surface area (Å²) in [5.74, 6) is -0.127. The summed E-state index contributed by atoms with van der Waals surface area (Å²) in [6.45, 7) is 9.23. The maximum atomic E-state index is 11.4. The molecule has 2 unspecified atom stereocenters. The second-order valence-electron chi connectivity index (χ2n) is 6.27. The van der Waals surface area contributed by atoms with E-state index < -0.39 is 0 Å². The highest BCUT2D eigenvalue weighted by Crippen LogP contribution is 2.24. The molecule has 19 heavy (non-hydrogen) atoms. The number of rotatable bonds is 3. The van der Waals surface area contributed by atoms with Gasteiger partial charge >= 0.3 is 5.97 Å². The minimum absolute atomic E-state index is 0.127. The van der Waals surface area contributed by atoms with Crippen LogP contribution in [0.2, 0.25) is 0 Å². The summed E-state index contributed by atoms with van der Waals surface area (Å²) in [4.78, 5) is 11.4. The summed E-state index contributed by atoms with van der Waals surface area (Å²) < 4.78 is 4.96. The number of cyclic esters (lactones) is 1. The molecule has 2 rings (SSSR count). The zero-order valence-electron chi connectivity index (χ0n) is 12.2. The zero-order valence-corrected chi connectivity index (χ0v) is 12.2. The van der Waals surface area contributed by atoms with Crippen molar-refractivity contribution in [2.24, 2.45) is 0 Å². The van der Waals surface area contributed by atoms with Crippen LogP contribution in [0, 0.1) is 0 Å². The normalized spacial score (nSPS) is 21.3. The Labute approximate surface area is 115 Å². The third-order valence-corrected chi connectivity index (χ3v) is 3.66. The van der Waals surface area contributed by atoms with Gasteiger partial charge in [-0.25, -0.2) is 0 Å². The molecule has 1 N–H and O–H groups in total. The molecule has 1 fully saturated rings. The Balaban J connectivity index is 2.03. The number of benzene rings is 1. The lowest BCUT2D eigenvalue weighted by atomic mass is 9.86. The van der Waals surface area contributed by atoms with Crippen LogP contribution in [0.3, 0.4) is 0 Å². The number of ether oxygens (including phenoxy) is 1. The van der Waals surface area contributed by atoms with E-state index in [9.17, 15) is 4.79 Å². The van der Waals surface area contributed by atoms with E-state index in [1.807, 2.05) is 0 Å². The molecule has 2 atom stereocenters. The molecule has 0 aliphatic carbocycles. The molecule has 0 radical (unpaired) electrons. The molecule has 0 aromatic heterocycles. The summed E-state index contributed by atoms with van der Waals surface area (Å²) in [6.07, 6.45) is 0.767. The number of carbonyl (C=O) groups is 1. The highest BCUT2D eigenvalue weighted by Gasteiger charge is 2.27. The number of carbonyl (C=O) groups excluding carboxylic acids is 1. The first-order chi connectivity index (χ1) is 8.88. The fourth-order valence-electron chi connectivity index (χ4n) is 2.32. The van der Waals surface area contributed by atoms with Gasteiger partial charge in [0.25, 0.3) is 0 Å². The molecule has 1 aliphatic heterocycles. The Kier molecular flexibility index (Phi) is 3.95. The van der Waals surface area contributed by atoms with Crippen molar-refractivity contribution >= 4 is 5.97 Å². The van der Waals surface area contributed by atoms with E-state index in [1.54, 1.807) is 0 Å². The minimum Gasteiger partial charge on any atom is -0.464 e. The van der Waals surface area contributed by atoms with Gasteiger partial charge in [-0.3, -0.25) is 10.1 Å². The van der Waals surface area contributed by atoms with Crippen molar-refractivity contribution in [1.29, 1.82) is 0 Å². The van der Waals surface area contributed by atoms with Crippen LogP contribution in [0.15, 0.2) is 24.3 Å². The van der Waals surface area contributed by atoms with Crippen LogP contribution in [0.5, 0.6) is 0 Å². The maximum absolute atomic E-state index is 11.4. The quantitative estimate of drug-likeness (QED) is 0.850. The minimum atomic E-state index is -0.155. The van der Waals surface area contributed by atoms with Gasteiger partial charge in [0.1, 0.15) is 6.04 Å². The van der Waals surface area contributed by atoms with E-state index in [0.29, 0.717) is 6.61 Å². The largest absolute Gasteiger partial charge is 0.464 e. The maximum Gasteiger partial charge on any atom is 0.323 e. The summed E-state index contributed by atoms with van der Waals surface area (Å²) in [6, 6.07) is 8.61. The highest BCUT2D eigenvalue weighted by molar-refractivity contribution is 5.77. The van der Waals surface area contributed by atoms with Gasteiger partial charge in [0, 0.05) is 12.5 Å². The third-order valence-electron chi connectivity index (χ3n) is 3.66. The van der Waals surface area contributed by atoms with Gasteiger partial charge in [0.05, 0.1) is 6.61 Å². The van der Waals surface area contributed by atoms with Crippen LogP contribution in [0.1, 0.15) is 51.3 Å². The molecule has 1 aromatic rings. The smallest absolute Gasteiger partial charge is 0.323 e. The van der Waals surface area contributed by atoms with Crippen molar-refractivity contribution in [3.8, 4) is 0 Å². The lowest BCUT2D eigenvalue weighted by Crippen LogP contribution is -2.35. The Morgan fingerprint density at radius 3 is 2.37 bits per heavy atom. The molecule has 0 amide bonds. The number of hydrogen-bond acceptors (Lipinski definition) is 3. The molecular weight excluding hydrogens is 238 g/mol. The van der Waals surface area contributed by atoms with Crippen molar-refractivity contribution in [1.82, 2.24) is 5.32 Å². The molecule has 1 aromatic carbocycles. The highest BCUT2D eigenvalue weighted by atomic mass is 16.5. The summed E-state index contributed by atoms with van der Waals surface area (Å²) in [5.41, 5.74) is 2.70. The molecular formula is C16H23NO2. The molecule has 0 saturated carbocycles. The van der Waals surface area contributed by atoms with Gasteiger partial charge in [-0.05, 0) is 23.5 Å².